The summed E-state index contributed by atoms with van der Waals surface area (Å²) in [5.74, 6) is 0.418. The van der Waals surface area contributed by atoms with Crippen molar-refractivity contribution in [2.24, 2.45) is 5.92 Å². The fourth-order valence-corrected chi connectivity index (χ4v) is 5.20. The molecule has 2 N–H and O–H groups in total. The largest absolute Gasteiger partial charge is 0.361 e. The first-order valence-corrected chi connectivity index (χ1v) is 12.6. The van der Waals surface area contributed by atoms with Crippen molar-refractivity contribution in [1.29, 1.82) is 0 Å². The fourth-order valence-electron chi connectivity index (χ4n) is 4.32. The molecule has 1 fully saturated rings. The number of carbonyl (C=O) groups is 1. The van der Waals surface area contributed by atoms with E-state index >= 15 is 0 Å². The van der Waals surface area contributed by atoms with Crippen molar-refractivity contribution in [2.75, 3.05) is 25.9 Å². The first-order valence-electron chi connectivity index (χ1n) is 10.8. The molecule has 4 rings (SSSR count). The van der Waals surface area contributed by atoms with Crippen molar-refractivity contribution in [1.82, 2.24) is 14.6 Å². The molecule has 0 saturated carbocycles. The molecule has 0 spiro atoms. The Bertz CT molecular complexity index is 1140. The van der Waals surface area contributed by atoms with E-state index in [4.69, 9.17) is 0 Å². The number of hydrogen-bond donors (Lipinski definition) is 2. The van der Waals surface area contributed by atoms with Crippen LogP contribution in [-0.2, 0) is 22.9 Å². The SMILES string of the molecule is CS(=O)(=O)N1CCC(Cc2ccc(C(=O)NCCc3c[nH]c4ccccc34)cc2)CC1. The van der Waals surface area contributed by atoms with Gasteiger partial charge in [0, 0.05) is 42.3 Å². The molecule has 0 unspecified atom stereocenters. The Hall–Kier alpha value is -2.64. The van der Waals surface area contributed by atoms with Crippen LogP contribution in [0.2, 0.25) is 0 Å². The number of carbonyl (C=O) groups excluding carboxylic acids is 1. The number of nitrogens with one attached hydrogen (secondary N) is 2. The number of rotatable bonds is 7. The average molecular weight is 440 g/mol. The molecule has 1 amide bonds. The lowest BCUT2D eigenvalue weighted by Gasteiger charge is -2.30. The van der Waals surface area contributed by atoms with E-state index < -0.39 is 10.0 Å². The zero-order valence-electron chi connectivity index (χ0n) is 17.8. The fraction of sp³-hybridized carbons (Fsp3) is 0.375. The van der Waals surface area contributed by atoms with Gasteiger partial charge >= 0.3 is 0 Å². The summed E-state index contributed by atoms with van der Waals surface area (Å²) in [6, 6.07) is 15.9. The summed E-state index contributed by atoms with van der Waals surface area (Å²) in [6.07, 6.45) is 6.73. The first-order chi connectivity index (χ1) is 14.9. The van der Waals surface area contributed by atoms with Gasteiger partial charge in [0.25, 0.3) is 5.91 Å². The van der Waals surface area contributed by atoms with Gasteiger partial charge in [0.15, 0.2) is 0 Å². The molecule has 1 aliphatic heterocycles. The maximum Gasteiger partial charge on any atom is 0.251 e. The second-order valence-electron chi connectivity index (χ2n) is 8.37. The quantitative estimate of drug-likeness (QED) is 0.592. The van der Waals surface area contributed by atoms with Gasteiger partial charge in [-0.2, -0.15) is 0 Å². The van der Waals surface area contributed by atoms with E-state index in [-0.39, 0.29) is 5.91 Å². The van der Waals surface area contributed by atoms with Crippen LogP contribution >= 0.6 is 0 Å². The summed E-state index contributed by atoms with van der Waals surface area (Å²) >= 11 is 0. The molecule has 164 valence electrons. The van der Waals surface area contributed by atoms with Gasteiger partial charge < -0.3 is 10.3 Å². The number of nitrogens with zero attached hydrogens (tertiary/aromatic N) is 1. The van der Waals surface area contributed by atoms with Crippen LogP contribution in [-0.4, -0.2) is 49.5 Å². The lowest BCUT2D eigenvalue weighted by Crippen LogP contribution is -2.38. The van der Waals surface area contributed by atoms with E-state index in [1.807, 2.05) is 48.7 Å². The second-order valence-corrected chi connectivity index (χ2v) is 10.4. The summed E-state index contributed by atoms with van der Waals surface area (Å²) in [5, 5.41) is 4.20. The molecule has 0 radical (unpaired) electrons. The molecule has 0 atom stereocenters. The molecule has 3 aromatic rings. The van der Waals surface area contributed by atoms with Gasteiger partial charge in [-0.1, -0.05) is 30.3 Å². The molecule has 31 heavy (non-hydrogen) atoms. The highest BCUT2D eigenvalue weighted by atomic mass is 32.2. The van der Waals surface area contributed by atoms with Gasteiger partial charge in [-0.3, -0.25) is 4.79 Å². The molecule has 2 heterocycles. The van der Waals surface area contributed by atoms with Gasteiger partial charge in [0.2, 0.25) is 10.0 Å². The Morgan fingerprint density at radius 1 is 1.10 bits per heavy atom. The molecular formula is C24H29N3O3S. The number of hydrogen-bond acceptors (Lipinski definition) is 3. The highest BCUT2D eigenvalue weighted by molar-refractivity contribution is 7.88. The van der Waals surface area contributed by atoms with Crippen LogP contribution in [0.5, 0.6) is 0 Å². The number of amides is 1. The van der Waals surface area contributed by atoms with Crippen molar-refractivity contribution >= 4 is 26.8 Å². The van der Waals surface area contributed by atoms with Gasteiger partial charge in [-0.25, -0.2) is 12.7 Å². The van der Waals surface area contributed by atoms with E-state index in [2.05, 4.69) is 16.4 Å². The number of fused-ring (bicyclic) bond motifs is 1. The molecule has 2 aromatic carbocycles. The topological polar surface area (TPSA) is 82.3 Å². The maximum atomic E-state index is 12.5. The molecular weight excluding hydrogens is 410 g/mol. The monoisotopic (exact) mass is 439 g/mol. The standard InChI is InChI=1S/C24H29N3O3S/c1-31(29,30)27-14-11-19(12-15-27)16-18-6-8-20(9-7-18)24(28)25-13-10-21-17-26-23-5-3-2-4-22(21)23/h2-9,17,19,26H,10-16H2,1H3,(H,25,28). The van der Waals surface area contributed by atoms with Crippen LogP contribution in [0.15, 0.2) is 54.7 Å². The molecule has 6 nitrogen and oxygen atoms in total. The zero-order chi connectivity index (χ0) is 21.8. The number of benzene rings is 2. The van der Waals surface area contributed by atoms with Crippen molar-refractivity contribution in [3.8, 4) is 0 Å². The van der Waals surface area contributed by atoms with E-state index in [1.54, 1.807) is 4.31 Å². The van der Waals surface area contributed by atoms with Crippen LogP contribution in [0.25, 0.3) is 10.9 Å². The van der Waals surface area contributed by atoms with Crippen LogP contribution in [0.3, 0.4) is 0 Å². The lowest BCUT2D eigenvalue weighted by atomic mass is 9.91. The van der Waals surface area contributed by atoms with E-state index in [0.29, 0.717) is 31.1 Å². The minimum atomic E-state index is -3.08. The number of sulfonamides is 1. The van der Waals surface area contributed by atoms with Crippen LogP contribution < -0.4 is 5.32 Å². The van der Waals surface area contributed by atoms with E-state index in [0.717, 1.165) is 31.2 Å². The second kappa shape index (κ2) is 9.24. The van der Waals surface area contributed by atoms with Gasteiger partial charge in [-0.05, 0) is 60.9 Å². The van der Waals surface area contributed by atoms with E-state index in [1.165, 1.54) is 22.8 Å². The smallest absolute Gasteiger partial charge is 0.251 e. The Balaban J connectivity index is 1.25. The van der Waals surface area contributed by atoms with Gasteiger partial charge in [-0.15, -0.1) is 0 Å². The van der Waals surface area contributed by atoms with Crippen LogP contribution in [0.4, 0.5) is 0 Å². The minimum absolute atomic E-state index is 0.0622. The molecule has 0 aliphatic carbocycles. The lowest BCUT2D eigenvalue weighted by molar-refractivity contribution is 0.0954. The van der Waals surface area contributed by atoms with Crippen molar-refractivity contribution in [2.45, 2.75) is 25.7 Å². The Morgan fingerprint density at radius 2 is 1.81 bits per heavy atom. The normalized spacial score (nSPS) is 15.9. The molecule has 1 aromatic heterocycles. The number of para-hydroxylation sites is 1. The number of aromatic nitrogens is 1. The Labute approximate surface area is 183 Å². The molecule has 0 bridgehead atoms. The highest BCUT2D eigenvalue weighted by Gasteiger charge is 2.24. The third kappa shape index (κ3) is 5.35. The van der Waals surface area contributed by atoms with Crippen molar-refractivity contribution in [3.63, 3.8) is 0 Å². The number of H-pyrrole nitrogens is 1. The third-order valence-corrected chi connectivity index (χ3v) is 7.44. The van der Waals surface area contributed by atoms with Gasteiger partial charge in [0.1, 0.15) is 0 Å². The number of piperidine rings is 1. The summed E-state index contributed by atoms with van der Waals surface area (Å²) < 4.78 is 24.8. The summed E-state index contributed by atoms with van der Waals surface area (Å²) in [5.41, 5.74) is 4.16. The zero-order valence-corrected chi connectivity index (χ0v) is 18.6. The first kappa shape index (κ1) is 21.6. The molecule has 7 heteroatoms. The Kier molecular flexibility index (Phi) is 6.43. The highest BCUT2D eigenvalue weighted by Crippen LogP contribution is 2.23. The summed E-state index contributed by atoms with van der Waals surface area (Å²) in [6.45, 7) is 1.78. The van der Waals surface area contributed by atoms with Gasteiger partial charge in [0.05, 0.1) is 6.26 Å². The van der Waals surface area contributed by atoms with Crippen molar-refractivity contribution in [3.05, 3.63) is 71.4 Å². The molecule has 1 aliphatic rings. The predicted octanol–water partition coefficient (Wildman–Crippen LogP) is 3.35. The average Bonchev–Trinajstić information content (AvgIpc) is 3.17. The Morgan fingerprint density at radius 3 is 2.52 bits per heavy atom. The van der Waals surface area contributed by atoms with Crippen LogP contribution in [0.1, 0.15) is 34.3 Å². The predicted molar refractivity (Wildman–Crippen MR) is 124 cm³/mol. The van der Waals surface area contributed by atoms with Crippen LogP contribution in [0, 0.1) is 5.92 Å². The van der Waals surface area contributed by atoms with Crippen molar-refractivity contribution < 1.29 is 13.2 Å². The van der Waals surface area contributed by atoms with E-state index in [9.17, 15) is 13.2 Å². The summed E-state index contributed by atoms with van der Waals surface area (Å²) in [4.78, 5) is 15.7. The molecule has 1 saturated heterocycles. The minimum Gasteiger partial charge on any atom is -0.361 e. The third-order valence-electron chi connectivity index (χ3n) is 6.14. The summed E-state index contributed by atoms with van der Waals surface area (Å²) in [7, 11) is -3.08. The number of aromatic amines is 1. The maximum absolute atomic E-state index is 12.5.